The van der Waals surface area contributed by atoms with Gasteiger partial charge in [0, 0.05) is 0 Å². The van der Waals surface area contributed by atoms with Gasteiger partial charge in [-0.2, -0.15) is 5.09 Å². The standard InChI is InChI=1S/C22H21FNO5P/c1-17(22(25)27-16-18-8-4-2-5-9-18)24-30(26,28-20-10-6-3-7-11-20)29-21-14-12-19(23)13-15-21/h2-15,17H,16H2,1H3,(H,24,26)/t17-,30?/m0/s1. The third-order valence-corrected chi connectivity index (χ3v) is 5.54. The number of carbonyl (C=O) groups excluding carboxylic acids is 1. The maximum Gasteiger partial charge on any atom is 0.513 e. The topological polar surface area (TPSA) is 73.9 Å². The highest BCUT2D eigenvalue weighted by Gasteiger charge is 2.33. The number of halogens is 1. The second-order valence-electron chi connectivity index (χ2n) is 6.39. The van der Waals surface area contributed by atoms with Crippen molar-refractivity contribution in [2.24, 2.45) is 0 Å². The highest BCUT2D eigenvalue weighted by molar-refractivity contribution is 7.52. The number of para-hydroxylation sites is 1. The molecule has 0 fully saturated rings. The molecule has 6 nitrogen and oxygen atoms in total. The van der Waals surface area contributed by atoms with E-state index in [0.29, 0.717) is 0 Å². The number of nitrogens with one attached hydrogen (secondary N) is 1. The number of hydrogen-bond acceptors (Lipinski definition) is 5. The summed E-state index contributed by atoms with van der Waals surface area (Å²) in [4.78, 5) is 12.4. The van der Waals surface area contributed by atoms with Gasteiger partial charge < -0.3 is 13.8 Å². The molecule has 0 amide bonds. The molecule has 0 aliphatic carbocycles. The predicted octanol–water partition coefficient (Wildman–Crippen LogP) is 5.11. The number of ether oxygens (including phenoxy) is 1. The lowest BCUT2D eigenvalue weighted by atomic mass is 10.2. The molecule has 0 aromatic heterocycles. The average molecular weight is 429 g/mol. The Morgan fingerprint density at radius 3 is 2.03 bits per heavy atom. The van der Waals surface area contributed by atoms with Crippen molar-refractivity contribution in [3.63, 3.8) is 0 Å². The van der Waals surface area contributed by atoms with Gasteiger partial charge in [0.15, 0.2) is 0 Å². The molecule has 0 bridgehead atoms. The minimum atomic E-state index is -4.06. The van der Waals surface area contributed by atoms with Crippen LogP contribution in [0, 0.1) is 5.82 Å². The summed E-state index contributed by atoms with van der Waals surface area (Å²) in [7, 11) is -4.06. The minimum Gasteiger partial charge on any atom is -0.460 e. The van der Waals surface area contributed by atoms with Gasteiger partial charge >= 0.3 is 13.7 Å². The first-order chi connectivity index (χ1) is 14.4. The zero-order valence-corrected chi connectivity index (χ0v) is 17.1. The Hall–Kier alpha value is -3.15. The number of benzene rings is 3. The minimum absolute atomic E-state index is 0.0777. The van der Waals surface area contributed by atoms with Gasteiger partial charge in [-0.25, -0.2) is 8.96 Å². The molecular formula is C22H21FNO5P. The summed E-state index contributed by atoms with van der Waals surface area (Å²) in [5.74, 6) is -0.696. The molecule has 3 aromatic rings. The Balaban J connectivity index is 1.71. The maximum atomic E-state index is 13.4. The highest BCUT2D eigenvalue weighted by atomic mass is 31.2. The zero-order valence-electron chi connectivity index (χ0n) is 16.2. The summed E-state index contributed by atoms with van der Waals surface area (Å²) in [5.41, 5.74) is 0.823. The molecule has 3 rings (SSSR count). The van der Waals surface area contributed by atoms with Crippen molar-refractivity contribution in [3.8, 4) is 11.5 Å². The van der Waals surface area contributed by atoms with Crippen LogP contribution in [0.15, 0.2) is 84.9 Å². The quantitative estimate of drug-likeness (QED) is 0.376. The Bertz CT molecular complexity index is 999. The summed E-state index contributed by atoms with van der Waals surface area (Å²) in [5, 5.41) is 2.58. The molecule has 0 heterocycles. The van der Waals surface area contributed by atoms with Crippen LogP contribution in [0.25, 0.3) is 0 Å². The van der Waals surface area contributed by atoms with Crippen LogP contribution in [0.2, 0.25) is 0 Å². The second kappa shape index (κ2) is 10.1. The van der Waals surface area contributed by atoms with Crippen LogP contribution < -0.4 is 14.1 Å². The molecule has 0 aliphatic rings. The number of hydrogen-bond donors (Lipinski definition) is 1. The predicted molar refractivity (Wildman–Crippen MR) is 111 cm³/mol. The Morgan fingerprint density at radius 1 is 0.900 bits per heavy atom. The summed E-state index contributed by atoms with van der Waals surface area (Å²) in [6.45, 7) is 1.57. The van der Waals surface area contributed by atoms with E-state index in [9.17, 15) is 13.8 Å². The monoisotopic (exact) mass is 429 g/mol. The molecule has 1 N–H and O–H groups in total. The number of esters is 1. The molecule has 0 spiro atoms. The van der Waals surface area contributed by atoms with Crippen LogP contribution in [0.5, 0.6) is 11.5 Å². The van der Waals surface area contributed by atoms with Gasteiger partial charge in [0.1, 0.15) is 30.0 Å². The molecule has 2 atom stereocenters. The zero-order chi connectivity index (χ0) is 21.4. The average Bonchev–Trinajstić information content (AvgIpc) is 2.75. The largest absolute Gasteiger partial charge is 0.513 e. The molecule has 156 valence electrons. The molecule has 3 aromatic carbocycles. The van der Waals surface area contributed by atoms with E-state index in [0.717, 1.165) is 5.56 Å². The molecular weight excluding hydrogens is 408 g/mol. The summed E-state index contributed by atoms with van der Waals surface area (Å²) < 4.78 is 42.8. The molecule has 30 heavy (non-hydrogen) atoms. The third kappa shape index (κ3) is 6.44. The van der Waals surface area contributed by atoms with E-state index < -0.39 is 25.6 Å². The van der Waals surface area contributed by atoms with Crippen LogP contribution in [-0.2, 0) is 20.7 Å². The van der Waals surface area contributed by atoms with Gasteiger partial charge in [0.05, 0.1) is 0 Å². The van der Waals surface area contributed by atoms with E-state index in [4.69, 9.17) is 13.8 Å². The van der Waals surface area contributed by atoms with Crippen LogP contribution in [-0.4, -0.2) is 12.0 Å². The van der Waals surface area contributed by atoms with Crippen LogP contribution in [0.3, 0.4) is 0 Å². The van der Waals surface area contributed by atoms with Gasteiger partial charge in [0.25, 0.3) is 0 Å². The van der Waals surface area contributed by atoms with Crippen LogP contribution in [0.1, 0.15) is 12.5 Å². The maximum absolute atomic E-state index is 13.4. The van der Waals surface area contributed by atoms with Crippen molar-refractivity contribution >= 4 is 13.7 Å². The second-order valence-corrected chi connectivity index (χ2v) is 8.01. The lowest BCUT2D eigenvalue weighted by molar-refractivity contribution is -0.146. The van der Waals surface area contributed by atoms with E-state index >= 15 is 0 Å². The van der Waals surface area contributed by atoms with Crippen molar-refractivity contribution in [1.29, 1.82) is 0 Å². The highest BCUT2D eigenvalue weighted by Crippen LogP contribution is 2.45. The van der Waals surface area contributed by atoms with Crippen LogP contribution >= 0.6 is 7.75 Å². The summed E-state index contributed by atoms with van der Waals surface area (Å²) in [6.07, 6.45) is 0. The van der Waals surface area contributed by atoms with Gasteiger partial charge in [-0.15, -0.1) is 0 Å². The molecule has 0 saturated heterocycles. The Kier molecular flexibility index (Phi) is 7.22. The van der Waals surface area contributed by atoms with Crippen molar-refractivity contribution in [1.82, 2.24) is 5.09 Å². The van der Waals surface area contributed by atoms with Gasteiger partial charge in [-0.05, 0) is 48.9 Å². The van der Waals surface area contributed by atoms with Crippen molar-refractivity contribution in [3.05, 3.63) is 96.3 Å². The van der Waals surface area contributed by atoms with E-state index in [1.165, 1.54) is 31.2 Å². The fourth-order valence-electron chi connectivity index (χ4n) is 2.47. The van der Waals surface area contributed by atoms with E-state index in [1.54, 1.807) is 30.3 Å². The lowest BCUT2D eigenvalue weighted by Crippen LogP contribution is -2.35. The van der Waals surface area contributed by atoms with Crippen molar-refractivity contribution in [2.45, 2.75) is 19.6 Å². The smallest absolute Gasteiger partial charge is 0.460 e. The summed E-state index contributed by atoms with van der Waals surface area (Å²) in [6, 6.07) is 21.5. The molecule has 8 heteroatoms. The first kappa shape index (κ1) is 21.6. The van der Waals surface area contributed by atoms with Crippen molar-refractivity contribution in [2.75, 3.05) is 0 Å². The van der Waals surface area contributed by atoms with E-state index in [2.05, 4.69) is 5.09 Å². The SMILES string of the molecule is C[C@H](NP(=O)(Oc1ccccc1)Oc1ccc(F)cc1)C(=O)OCc1ccccc1. The fourth-order valence-corrected chi connectivity index (χ4v) is 3.99. The Morgan fingerprint density at radius 2 is 1.43 bits per heavy atom. The van der Waals surface area contributed by atoms with Gasteiger partial charge in [-0.3, -0.25) is 4.79 Å². The summed E-state index contributed by atoms with van der Waals surface area (Å²) >= 11 is 0. The first-order valence-electron chi connectivity index (χ1n) is 9.22. The molecule has 1 unspecified atom stereocenters. The van der Waals surface area contributed by atoms with Crippen molar-refractivity contribution < 1.29 is 27.5 Å². The molecule has 0 aliphatic heterocycles. The Labute approximate surface area is 174 Å². The number of rotatable bonds is 9. The lowest BCUT2D eigenvalue weighted by Gasteiger charge is -2.23. The van der Waals surface area contributed by atoms with Crippen LogP contribution in [0.4, 0.5) is 4.39 Å². The normalized spacial score (nSPS) is 13.7. The van der Waals surface area contributed by atoms with E-state index in [-0.39, 0.29) is 18.1 Å². The van der Waals surface area contributed by atoms with Gasteiger partial charge in [-0.1, -0.05) is 48.5 Å². The molecule has 0 radical (unpaired) electrons. The van der Waals surface area contributed by atoms with E-state index in [1.807, 2.05) is 30.3 Å². The van der Waals surface area contributed by atoms with Gasteiger partial charge in [0.2, 0.25) is 0 Å². The first-order valence-corrected chi connectivity index (χ1v) is 10.8. The fraction of sp³-hybridized carbons (Fsp3) is 0.136. The molecule has 0 saturated carbocycles. The third-order valence-electron chi connectivity index (χ3n) is 3.94. The number of carbonyl (C=O) groups is 1.